The van der Waals surface area contributed by atoms with Gasteiger partial charge < -0.3 is 9.69 Å². The van der Waals surface area contributed by atoms with Crippen molar-refractivity contribution >= 4 is 6.79 Å². The minimum absolute atomic E-state index is 1.14. The number of hydrogen-bond donors (Lipinski definition) is 0. The molecule has 1 aliphatic heterocycles. The maximum Gasteiger partial charge on any atom is 0.106 e. The number of likely N-dealkylation sites (N-methyl/N-ethyl adjacent to an activating group) is 1. The molecule has 90 valence electrons. The first-order valence-electron chi connectivity index (χ1n) is 5.82. The molecule has 1 saturated heterocycles. The second-order valence-electron chi connectivity index (χ2n) is 3.53. The monoisotopic (exact) mass is 215 g/mol. The molecular weight excluding hydrogens is 190 g/mol. The maximum atomic E-state index is 8.00. The van der Waals surface area contributed by atoms with E-state index in [1.807, 2.05) is 6.79 Å². The van der Waals surface area contributed by atoms with Crippen LogP contribution in [0.4, 0.5) is 0 Å². The van der Waals surface area contributed by atoms with Gasteiger partial charge in [0.15, 0.2) is 0 Å². The van der Waals surface area contributed by atoms with Gasteiger partial charge in [-0.2, -0.15) is 0 Å². The summed E-state index contributed by atoms with van der Waals surface area (Å²) in [5.41, 5.74) is 0. The lowest BCUT2D eigenvalue weighted by atomic mass is 10.3. The third-order valence-corrected chi connectivity index (χ3v) is 2.93. The van der Waals surface area contributed by atoms with Crippen molar-refractivity contribution in [2.45, 2.75) is 20.8 Å². The Morgan fingerprint density at radius 3 is 1.80 bits per heavy atom. The summed E-state index contributed by atoms with van der Waals surface area (Å²) in [5.74, 6) is 0. The molecular formula is C11H25N3O. The Hall–Kier alpha value is -0.450. The van der Waals surface area contributed by atoms with E-state index in [2.05, 4.69) is 35.7 Å². The van der Waals surface area contributed by atoms with Crippen LogP contribution in [0.1, 0.15) is 20.8 Å². The predicted molar refractivity (Wildman–Crippen MR) is 63.7 cm³/mol. The van der Waals surface area contributed by atoms with Gasteiger partial charge in [0.25, 0.3) is 0 Å². The van der Waals surface area contributed by atoms with Crippen molar-refractivity contribution in [2.75, 3.05) is 45.8 Å². The second kappa shape index (κ2) is 8.83. The number of nitrogens with zero attached hydrogens (tertiary/aromatic N) is 3. The van der Waals surface area contributed by atoms with Gasteiger partial charge in [0.1, 0.15) is 6.79 Å². The number of carbonyl (C=O) groups excluding carboxylic acids is 1. The SMILES string of the molecule is C=O.CCN1CCN(N(CC)CC)CC1. The fourth-order valence-electron chi connectivity index (χ4n) is 1.96. The standard InChI is InChI=1S/C10H23N3.CH2O/c1-4-11-7-9-13(10-8-11)12(5-2)6-3;1-2/h4-10H2,1-3H3;1H2. The van der Waals surface area contributed by atoms with Gasteiger partial charge in [0.2, 0.25) is 0 Å². The van der Waals surface area contributed by atoms with Gasteiger partial charge in [0, 0.05) is 39.3 Å². The van der Waals surface area contributed by atoms with E-state index in [1.54, 1.807) is 0 Å². The van der Waals surface area contributed by atoms with Crippen LogP contribution in [0.25, 0.3) is 0 Å². The quantitative estimate of drug-likeness (QED) is 0.689. The molecule has 0 N–H and O–H groups in total. The van der Waals surface area contributed by atoms with E-state index >= 15 is 0 Å². The van der Waals surface area contributed by atoms with Crippen LogP contribution in [-0.2, 0) is 4.79 Å². The Kier molecular flexibility index (Phi) is 8.56. The lowest BCUT2D eigenvalue weighted by molar-refractivity contribution is -0.0979. The molecule has 4 heteroatoms. The summed E-state index contributed by atoms with van der Waals surface area (Å²) in [7, 11) is 0. The van der Waals surface area contributed by atoms with E-state index in [4.69, 9.17) is 4.79 Å². The zero-order chi connectivity index (χ0) is 11.7. The first kappa shape index (κ1) is 14.6. The van der Waals surface area contributed by atoms with Gasteiger partial charge >= 0.3 is 0 Å². The number of hydrazine groups is 1. The number of piperazine rings is 1. The molecule has 0 amide bonds. The first-order valence-corrected chi connectivity index (χ1v) is 5.82. The van der Waals surface area contributed by atoms with E-state index in [9.17, 15) is 0 Å². The average molecular weight is 215 g/mol. The van der Waals surface area contributed by atoms with Crippen molar-refractivity contribution in [2.24, 2.45) is 0 Å². The fraction of sp³-hybridized carbons (Fsp3) is 0.909. The van der Waals surface area contributed by atoms with Gasteiger partial charge in [-0.25, -0.2) is 10.0 Å². The molecule has 1 heterocycles. The number of hydrogen-bond acceptors (Lipinski definition) is 4. The molecule has 4 nitrogen and oxygen atoms in total. The molecule has 0 bridgehead atoms. The molecule has 0 radical (unpaired) electrons. The van der Waals surface area contributed by atoms with Gasteiger partial charge in [0.05, 0.1) is 0 Å². The van der Waals surface area contributed by atoms with E-state index in [0.29, 0.717) is 0 Å². The summed E-state index contributed by atoms with van der Waals surface area (Å²) in [4.78, 5) is 10.5. The fourth-order valence-corrected chi connectivity index (χ4v) is 1.96. The second-order valence-corrected chi connectivity index (χ2v) is 3.53. The van der Waals surface area contributed by atoms with E-state index < -0.39 is 0 Å². The van der Waals surface area contributed by atoms with Crippen molar-refractivity contribution in [1.29, 1.82) is 0 Å². The highest BCUT2D eigenvalue weighted by Crippen LogP contribution is 2.04. The highest BCUT2D eigenvalue weighted by molar-refractivity contribution is 5.10. The number of carbonyl (C=O) groups is 1. The lowest BCUT2D eigenvalue weighted by Crippen LogP contribution is -2.53. The topological polar surface area (TPSA) is 26.8 Å². The highest BCUT2D eigenvalue weighted by atomic mass is 16.1. The van der Waals surface area contributed by atoms with Gasteiger partial charge in [-0.3, -0.25) is 0 Å². The Labute approximate surface area is 93.8 Å². The van der Waals surface area contributed by atoms with Gasteiger partial charge in [-0.1, -0.05) is 20.8 Å². The molecule has 0 saturated carbocycles. The Morgan fingerprint density at radius 1 is 1.00 bits per heavy atom. The zero-order valence-electron chi connectivity index (χ0n) is 10.4. The van der Waals surface area contributed by atoms with E-state index in [1.165, 1.54) is 32.7 Å². The predicted octanol–water partition coefficient (Wildman–Crippen LogP) is 0.696. The molecule has 1 aliphatic rings. The van der Waals surface area contributed by atoms with Gasteiger partial charge in [-0.05, 0) is 6.54 Å². The summed E-state index contributed by atoms with van der Waals surface area (Å²) in [5, 5.41) is 4.93. The summed E-state index contributed by atoms with van der Waals surface area (Å²) >= 11 is 0. The van der Waals surface area contributed by atoms with Crippen molar-refractivity contribution < 1.29 is 4.79 Å². The van der Waals surface area contributed by atoms with E-state index in [-0.39, 0.29) is 0 Å². The highest BCUT2D eigenvalue weighted by Gasteiger charge is 2.18. The lowest BCUT2D eigenvalue weighted by Gasteiger charge is -2.40. The van der Waals surface area contributed by atoms with Crippen LogP contribution in [0.5, 0.6) is 0 Å². The van der Waals surface area contributed by atoms with Crippen molar-refractivity contribution in [3.8, 4) is 0 Å². The van der Waals surface area contributed by atoms with Crippen molar-refractivity contribution in [3.63, 3.8) is 0 Å². The third kappa shape index (κ3) is 4.73. The van der Waals surface area contributed by atoms with Crippen LogP contribution >= 0.6 is 0 Å². The molecule has 15 heavy (non-hydrogen) atoms. The number of rotatable bonds is 4. The first-order chi connectivity index (χ1) is 7.31. The van der Waals surface area contributed by atoms with Crippen LogP contribution in [-0.4, -0.2) is 67.5 Å². The minimum atomic E-state index is 1.14. The van der Waals surface area contributed by atoms with Crippen molar-refractivity contribution in [1.82, 2.24) is 14.9 Å². The van der Waals surface area contributed by atoms with Crippen LogP contribution in [0.15, 0.2) is 0 Å². The summed E-state index contributed by atoms with van der Waals surface area (Å²) < 4.78 is 0. The normalized spacial score (nSPS) is 18.7. The zero-order valence-corrected chi connectivity index (χ0v) is 10.4. The van der Waals surface area contributed by atoms with Crippen LogP contribution in [0.3, 0.4) is 0 Å². The van der Waals surface area contributed by atoms with Gasteiger partial charge in [-0.15, -0.1) is 0 Å². The average Bonchev–Trinajstić information content (AvgIpc) is 2.34. The van der Waals surface area contributed by atoms with Crippen LogP contribution < -0.4 is 0 Å². The molecule has 0 aromatic rings. The summed E-state index contributed by atoms with van der Waals surface area (Å²) in [6.45, 7) is 17.1. The molecule has 0 aliphatic carbocycles. The Balaban J connectivity index is 0.000000921. The largest absolute Gasteiger partial charge is 0.307 e. The summed E-state index contributed by atoms with van der Waals surface area (Å²) in [6, 6.07) is 0. The van der Waals surface area contributed by atoms with Crippen LogP contribution in [0.2, 0.25) is 0 Å². The van der Waals surface area contributed by atoms with Crippen molar-refractivity contribution in [3.05, 3.63) is 0 Å². The molecule has 0 unspecified atom stereocenters. The minimum Gasteiger partial charge on any atom is -0.307 e. The van der Waals surface area contributed by atoms with Crippen LogP contribution in [0, 0.1) is 0 Å². The molecule has 1 rings (SSSR count). The molecule has 0 aromatic heterocycles. The Morgan fingerprint density at radius 2 is 1.47 bits per heavy atom. The maximum absolute atomic E-state index is 8.00. The molecule has 1 fully saturated rings. The third-order valence-electron chi connectivity index (χ3n) is 2.93. The molecule has 0 atom stereocenters. The molecule has 0 aromatic carbocycles. The Bertz CT molecular complexity index is 143. The molecule has 0 spiro atoms. The smallest absolute Gasteiger partial charge is 0.106 e. The summed E-state index contributed by atoms with van der Waals surface area (Å²) in [6.07, 6.45) is 0. The van der Waals surface area contributed by atoms with E-state index in [0.717, 1.165) is 13.1 Å².